The fourth-order valence-electron chi connectivity index (χ4n) is 5.00. The molecule has 0 radical (unpaired) electrons. The van der Waals surface area contributed by atoms with Crippen molar-refractivity contribution in [2.75, 3.05) is 35.2 Å². The molecular formula is C28H29N5O3. The number of carbonyl (C=O) groups excluding carboxylic acids is 3. The van der Waals surface area contributed by atoms with Crippen molar-refractivity contribution in [1.82, 2.24) is 5.32 Å². The lowest BCUT2D eigenvalue weighted by Crippen LogP contribution is -2.34. The van der Waals surface area contributed by atoms with E-state index in [1.165, 1.54) is 6.08 Å². The van der Waals surface area contributed by atoms with Crippen molar-refractivity contribution in [3.63, 3.8) is 0 Å². The minimum absolute atomic E-state index is 0.0508. The van der Waals surface area contributed by atoms with E-state index in [-0.39, 0.29) is 23.8 Å². The van der Waals surface area contributed by atoms with Gasteiger partial charge in [-0.05, 0) is 74.2 Å². The zero-order chi connectivity index (χ0) is 25.4. The van der Waals surface area contributed by atoms with Gasteiger partial charge in [0.2, 0.25) is 5.91 Å². The zero-order valence-corrected chi connectivity index (χ0v) is 20.5. The first kappa shape index (κ1) is 23.5. The molecule has 2 aromatic rings. The van der Waals surface area contributed by atoms with Gasteiger partial charge < -0.3 is 20.9 Å². The molecule has 3 N–H and O–H groups in total. The highest BCUT2D eigenvalue weighted by Gasteiger charge is 2.33. The maximum absolute atomic E-state index is 13.2. The van der Waals surface area contributed by atoms with E-state index in [0.717, 1.165) is 48.3 Å². The molecule has 8 nitrogen and oxygen atoms in total. The first-order valence-corrected chi connectivity index (χ1v) is 12.2. The van der Waals surface area contributed by atoms with Crippen molar-refractivity contribution in [3.05, 3.63) is 71.3 Å². The molecule has 0 bridgehead atoms. The van der Waals surface area contributed by atoms with Crippen molar-refractivity contribution in [2.45, 2.75) is 32.7 Å². The van der Waals surface area contributed by atoms with Crippen LogP contribution >= 0.6 is 0 Å². The third kappa shape index (κ3) is 4.30. The SMILES string of the molecule is C=CC(=O)Nc1cc(NC(=O)c2ccc3c(c2)C2=NCC(C)NC(=O)C2=C3C)ccc1N1CCCC1. The van der Waals surface area contributed by atoms with Gasteiger partial charge in [0.25, 0.3) is 11.8 Å². The second-order valence-electron chi connectivity index (χ2n) is 9.40. The number of nitrogens with one attached hydrogen (secondary N) is 3. The molecule has 1 atom stereocenters. The van der Waals surface area contributed by atoms with Crippen LogP contribution in [-0.2, 0) is 9.59 Å². The van der Waals surface area contributed by atoms with Crippen molar-refractivity contribution >= 4 is 46.1 Å². The average molecular weight is 484 g/mol. The normalized spacial score (nSPS) is 18.6. The van der Waals surface area contributed by atoms with Crippen LogP contribution in [0, 0.1) is 0 Å². The summed E-state index contributed by atoms with van der Waals surface area (Å²) >= 11 is 0. The fraction of sp³-hybridized carbons (Fsp3) is 0.286. The largest absolute Gasteiger partial charge is 0.370 e. The third-order valence-electron chi connectivity index (χ3n) is 6.82. The molecule has 1 unspecified atom stereocenters. The molecule has 3 aliphatic rings. The number of carbonyl (C=O) groups is 3. The Hall–Kier alpha value is -4.20. The van der Waals surface area contributed by atoms with Gasteiger partial charge in [0.15, 0.2) is 0 Å². The third-order valence-corrected chi connectivity index (χ3v) is 6.82. The molecule has 2 heterocycles. The summed E-state index contributed by atoms with van der Waals surface area (Å²) < 4.78 is 0. The van der Waals surface area contributed by atoms with Crippen LogP contribution in [0.1, 0.15) is 48.2 Å². The van der Waals surface area contributed by atoms with Crippen LogP contribution in [0.25, 0.3) is 5.57 Å². The second-order valence-corrected chi connectivity index (χ2v) is 9.40. The maximum Gasteiger partial charge on any atom is 0.255 e. The highest BCUT2D eigenvalue weighted by molar-refractivity contribution is 6.37. The molecule has 3 amide bonds. The van der Waals surface area contributed by atoms with E-state index in [1.54, 1.807) is 18.2 Å². The van der Waals surface area contributed by atoms with Gasteiger partial charge in [-0.1, -0.05) is 12.6 Å². The second kappa shape index (κ2) is 9.45. The Labute approximate surface area is 210 Å². The van der Waals surface area contributed by atoms with Crippen molar-refractivity contribution in [1.29, 1.82) is 0 Å². The Morgan fingerprint density at radius 1 is 1.11 bits per heavy atom. The molecule has 5 rings (SSSR count). The van der Waals surface area contributed by atoms with E-state index in [0.29, 0.717) is 34.8 Å². The molecule has 36 heavy (non-hydrogen) atoms. The van der Waals surface area contributed by atoms with Crippen molar-refractivity contribution < 1.29 is 14.4 Å². The quantitative estimate of drug-likeness (QED) is 0.564. The summed E-state index contributed by atoms with van der Waals surface area (Å²) in [6, 6.07) is 10.9. The standard InChI is InChI=1S/C28H29N5O3/c1-4-24(34)32-22-14-19(8-10-23(22)33-11-5-6-12-33)31-27(35)18-7-9-20-17(3)25-26(21(20)13-18)29-15-16(2)30-28(25)36/h4,7-10,13-14,16H,1,5-6,11-12,15H2,2-3H3,(H,30,36)(H,31,35)(H,32,34). The van der Waals surface area contributed by atoms with E-state index in [4.69, 9.17) is 0 Å². The van der Waals surface area contributed by atoms with E-state index >= 15 is 0 Å². The Balaban J connectivity index is 1.42. The molecule has 184 valence electrons. The lowest BCUT2D eigenvalue weighted by atomic mass is 10.0. The predicted octanol–water partition coefficient (Wildman–Crippen LogP) is 3.76. The monoisotopic (exact) mass is 483 g/mol. The number of hydrogen-bond donors (Lipinski definition) is 3. The Bertz CT molecular complexity index is 1350. The Morgan fingerprint density at radius 2 is 1.89 bits per heavy atom. The number of hydrogen-bond acceptors (Lipinski definition) is 5. The van der Waals surface area contributed by atoms with E-state index in [1.807, 2.05) is 32.0 Å². The number of aliphatic imine (C=N–C) groups is 1. The van der Waals surface area contributed by atoms with Crippen molar-refractivity contribution in [2.24, 2.45) is 4.99 Å². The van der Waals surface area contributed by atoms with Crippen LogP contribution in [0.5, 0.6) is 0 Å². The zero-order valence-electron chi connectivity index (χ0n) is 20.5. The lowest BCUT2D eigenvalue weighted by Gasteiger charge is -2.22. The van der Waals surface area contributed by atoms with E-state index in [2.05, 4.69) is 32.4 Å². The summed E-state index contributed by atoms with van der Waals surface area (Å²) in [4.78, 5) is 44.9. The minimum atomic E-state index is -0.307. The molecule has 2 aliphatic heterocycles. The maximum atomic E-state index is 13.2. The van der Waals surface area contributed by atoms with Gasteiger partial charge in [-0.2, -0.15) is 0 Å². The smallest absolute Gasteiger partial charge is 0.255 e. The van der Waals surface area contributed by atoms with Crippen LogP contribution in [0.15, 0.2) is 59.6 Å². The molecule has 1 saturated heterocycles. The van der Waals surface area contributed by atoms with Crippen LogP contribution < -0.4 is 20.9 Å². The molecule has 1 fully saturated rings. The first-order valence-electron chi connectivity index (χ1n) is 12.2. The average Bonchev–Trinajstić information content (AvgIpc) is 3.45. The Morgan fingerprint density at radius 3 is 2.64 bits per heavy atom. The summed E-state index contributed by atoms with van der Waals surface area (Å²) in [5, 5.41) is 8.77. The summed E-state index contributed by atoms with van der Waals surface area (Å²) in [5.41, 5.74) is 6.37. The number of anilines is 3. The number of fused-ring (bicyclic) bond motifs is 3. The van der Waals surface area contributed by atoms with Gasteiger partial charge in [0.1, 0.15) is 0 Å². The highest BCUT2D eigenvalue weighted by atomic mass is 16.2. The van der Waals surface area contributed by atoms with Crippen LogP contribution in [0.3, 0.4) is 0 Å². The first-order chi connectivity index (χ1) is 17.4. The topological polar surface area (TPSA) is 103 Å². The number of rotatable bonds is 5. The van der Waals surface area contributed by atoms with Crippen molar-refractivity contribution in [3.8, 4) is 0 Å². The minimum Gasteiger partial charge on any atom is -0.370 e. The summed E-state index contributed by atoms with van der Waals surface area (Å²) in [7, 11) is 0. The summed E-state index contributed by atoms with van der Waals surface area (Å²) in [6.07, 6.45) is 3.44. The Kier molecular flexibility index (Phi) is 6.18. The van der Waals surface area contributed by atoms with Crippen LogP contribution in [-0.4, -0.2) is 49.1 Å². The molecule has 0 aromatic heterocycles. The van der Waals surface area contributed by atoms with Gasteiger partial charge >= 0.3 is 0 Å². The van der Waals surface area contributed by atoms with Gasteiger partial charge in [0.05, 0.1) is 29.2 Å². The van der Waals surface area contributed by atoms with Gasteiger partial charge in [-0.3, -0.25) is 19.4 Å². The lowest BCUT2D eigenvalue weighted by molar-refractivity contribution is -0.117. The molecular weight excluding hydrogens is 454 g/mol. The molecule has 0 saturated carbocycles. The van der Waals surface area contributed by atoms with Crippen LogP contribution in [0.2, 0.25) is 0 Å². The van der Waals surface area contributed by atoms with Gasteiger partial charge in [0, 0.05) is 35.9 Å². The molecule has 0 spiro atoms. The number of amides is 3. The molecule has 8 heteroatoms. The molecule has 1 aliphatic carbocycles. The highest BCUT2D eigenvalue weighted by Crippen LogP contribution is 2.35. The van der Waals surface area contributed by atoms with E-state index in [9.17, 15) is 14.4 Å². The number of benzene rings is 2. The predicted molar refractivity (Wildman–Crippen MR) is 143 cm³/mol. The van der Waals surface area contributed by atoms with Gasteiger partial charge in [-0.25, -0.2) is 0 Å². The molecule has 2 aromatic carbocycles. The number of nitrogens with zero attached hydrogens (tertiary/aromatic N) is 2. The summed E-state index contributed by atoms with van der Waals surface area (Å²) in [5.74, 6) is -0.727. The van der Waals surface area contributed by atoms with Crippen LogP contribution in [0.4, 0.5) is 17.1 Å². The summed E-state index contributed by atoms with van der Waals surface area (Å²) in [6.45, 7) is 9.70. The number of allylic oxidation sites excluding steroid dienone is 1. The van der Waals surface area contributed by atoms with E-state index < -0.39 is 0 Å². The van der Waals surface area contributed by atoms with Gasteiger partial charge in [-0.15, -0.1) is 0 Å². The fourth-order valence-corrected chi connectivity index (χ4v) is 5.00.